The van der Waals surface area contributed by atoms with Crippen molar-refractivity contribution in [2.45, 2.75) is 30.7 Å². The predicted octanol–water partition coefficient (Wildman–Crippen LogP) is 3.18. The predicted molar refractivity (Wildman–Crippen MR) is 73.9 cm³/mol. The molecule has 1 aliphatic carbocycles. The zero-order chi connectivity index (χ0) is 12.1. The lowest BCUT2D eigenvalue weighted by molar-refractivity contribution is 0.414. The fourth-order valence-electron chi connectivity index (χ4n) is 1.62. The second-order valence-electron chi connectivity index (χ2n) is 4.77. The van der Waals surface area contributed by atoms with E-state index in [1.807, 2.05) is 23.9 Å². The molecule has 0 heterocycles. The fraction of sp³-hybridized carbons (Fsp3) is 0.571. The highest BCUT2D eigenvalue weighted by Gasteiger charge is 2.20. The van der Waals surface area contributed by atoms with Crippen LogP contribution < -0.4 is 10.1 Å². The van der Waals surface area contributed by atoms with E-state index in [2.05, 4.69) is 24.4 Å². The normalized spacial score (nSPS) is 16.8. The van der Waals surface area contributed by atoms with Crippen molar-refractivity contribution < 1.29 is 4.74 Å². The zero-order valence-electron chi connectivity index (χ0n) is 10.6. The van der Waals surface area contributed by atoms with Gasteiger partial charge in [0.15, 0.2) is 0 Å². The molecule has 1 atom stereocenters. The summed E-state index contributed by atoms with van der Waals surface area (Å²) in [6, 6.07) is 9.13. The summed E-state index contributed by atoms with van der Waals surface area (Å²) < 4.78 is 5.15. The van der Waals surface area contributed by atoms with E-state index >= 15 is 0 Å². The first-order valence-corrected chi connectivity index (χ1v) is 7.26. The topological polar surface area (TPSA) is 21.3 Å². The van der Waals surface area contributed by atoms with Gasteiger partial charge in [0.25, 0.3) is 0 Å². The van der Waals surface area contributed by atoms with Crippen LogP contribution in [0.4, 0.5) is 0 Å². The summed E-state index contributed by atoms with van der Waals surface area (Å²) in [5.74, 6) is 2.83. The van der Waals surface area contributed by atoms with Crippen LogP contribution in [0, 0.1) is 5.92 Å². The maximum atomic E-state index is 5.15. The van der Waals surface area contributed by atoms with Gasteiger partial charge in [-0.3, -0.25) is 0 Å². The Balaban J connectivity index is 1.68. The van der Waals surface area contributed by atoms with E-state index in [0.29, 0.717) is 0 Å². The number of hydrogen-bond acceptors (Lipinski definition) is 3. The number of ether oxygens (including phenoxy) is 1. The average molecular weight is 251 g/mol. The van der Waals surface area contributed by atoms with Gasteiger partial charge < -0.3 is 10.1 Å². The van der Waals surface area contributed by atoms with Gasteiger partial charge >= 0.3 is 0 Å². The van der Waals surface area contributed by atoms with Crippen LogP contribution in [0.5, 0.6) is 5.75 Å². The minimum Gasteiger partial charge on any atom is -0.497 e. The highest BCUT2D eigenvalue weighted by atomic mass is 32.2. The Morgan fingerprint density at radius 3 is 2.65 bits per heavy atom. The third-order valence-electron chi connectivity index (χ3n) is 2.93. The molecule has 1 N–H and O–H groups in total. The van der Waals surface area contributed by atoms with Crippen LogP contribution in [0.15, 0.2) is 29.2 Å². The summed E-state index contributed by atoms with van der Waals surface area (Å²) in [5, 5.41) is 3.58. The van der Waals surface area contributed by atoms with E-state index in [9.17, 15) is 0 Å². The number of benzene rings is 1. The average Bonchev–Trinajstić information content (AvgIpc) is 3.18. The molecule has 0 amide bonds. The third-order valence-corrected chi connectivity index (χ3v) is 4.27. The monoisotopic (exact) mass is 251 g/mol. The number of thioether (sulfide) groups is 1. The Morgan fingerprint density at radius 2 is 2.06 bits per heavy atom. The van der Waals surface area contributed by atoms with E-state index in [4.69, 9.17) is 4.74 Å². The lowest BCUT2D eigenvalue weighted by atomic mass is 10.2. The number of nitrogens with one attached hydrogen (secondary N) is 1. The van der Waals surface area contributed by atoms with Crippen LogP contribution >= 0.6 is 11.8 Å². The number of rotatable bonds is 7. The molecule has 1 aromatic rings. The first-order chi connectivity index (χ1) is 8.28. The molecular weight excluding hydrogens is 230 g/mol. The molecule has 1 saturated carbocycles. The van der Waals surface area contributed by atoms with Crippen molar-refractivity contribution in [3.8, 4) is 5.75 Å². The van der Waals surface area contributed by atoms with Gasteiger partial charge in [-0.05, 0) is 49.6 Å². The van der Waals surface area contributed by atoms with Gasteiger partial charge in [-0.2, -0.15) is 0 Å². The van der Waals surface area contributed by atoms with Crippen LogP contribution in [0.1, 0.15) is 19.8 Å². The lowest BCUT2D eigenvalue weighted by Crippen LogP contribution is -2.24. The molecule has 2 nitrogen and oxygen atoms in total. The Morgan fingerprint density at radius 1 is 1.35 bits per heavy atom. The number of hydrogen-bond donors (Lipinski definition) is 1. The van der Waals surface area contributed by atoms with Crippen LogP contribution in [-0.4, -0.2) is 25.4 Å². The molecule has 0 spiro atoms. The second-order valence-corrected chi connectivity index (χ2v) is 5.87. The first-order valence-electron chi connectivity index (χ1n) is 6.28. The Bertz CT molecular complexity index is 335. The Labute approximate surface area is 108 Å². The standard InChI is InChI=1S/C14H21NOS/c1-11(9-15-12-3-4-12)10-17-14-7-5-13(16-2)6-8-14/h5-8,11-12,15H,3-4,9-10H2,1-2H3. The van der Waals surface area contributed by atoms with Gasteiger partial charge in [-0.15, -0.1) is 11.8 Å². The molecule has 2 rings (SSSR count). The van der Waals surface area contributed by atoms with Crippen LogP contribution in [-0.2, 0) is 0 Å². The summed E-state index contributed by atoms with van der Waals surface area (Å²) in [7, 11) is 1.70. The molecule has 3 heteroatoms. The molecule has 0 radical (unpaired) electrons. The maximum absolute atomic E-state index is 5.15. The van der Waals surface area contributed by atoms with Crippen LogP contribution in [0.25, 0.3) is 0 Å². The SMILES string of the molecule is COc1ccc(SCC(C)CNC2CC2)cc1. The number of methoxy groups -OCH3 is 1. The van der Waals surface area contributed by atoms with Crippen molar-refractivity contribution >= 4 is 11.8 Å². The van der Waals surface area contributed by atoms with E-state index in [1.165, 1.54) is 23.5 Å². The van der Waals surface area contributed by atoms with Crippen LogP contribution in [0.3, 0.4) is 0 Å². The molecule has 17 heavy (non-hydrogen) atoms. The van der Waals surface area contributed by atoms with E-state index in [1.54, 1.807) is 7.11 Å². The molecule has 0 saturated heterocycles. The fourth-order valence-corrected chi connectivity index (χ4v) is 2.55. The highest BCUT2D eigenvalue weighted by Crippen LogP contribution is 2.24. The summed E-state index contributed by atoms with van der Waals surface area (Å²) in [4.78, 5) is 1.32. The smallest absolute Gasteiger partial charge is 0.118 e. The largest absolute Gasteiger partial charge is 0.497 e. The van der Waals surface area contributed by atoms with Crippen molar-refractivity contribution in [2.75, 3.05) is 19.4 Å². The van der Waals surface area contributed by atoms with Gasteiger partial charge in [0.2, 0.25) is 0 Å². The molecule has 1 unspecified atom stereocenters. The van der Waals surface area contributed by atoms with Gasteiger partial charge in [0, 0.05) is 16.7 Å². The minimum atomic E-state index is 0.725. The van der Waals surface area contributed by atoms with Crippen molar-refractivity contribution in [1.82, 2.24) is 5.32 Å². The molecule has 94 valence electrons. The van der Waals surface area contributed by atoms with Gasteiger partial charge in [-0.25, -0.2) is 0 Å². The maximum Gasteiger partial charge on any atom is 0.118 e. The van der Waals surface area contributed by atoms with Crippen molar-refractivity contribution in [1.29, 1.82) is 0 Å². The molecule has 1 aliphatic rings. The molecule has 0 bridgehead atoms. The quantitative estimate of drug-likeness (QED) is 0.752. The summed E-state index contributed by atoms with van der Waals surface area (Å²) in [6.45, 7) is 3.46. The highest BCUT2D eigenvalue weighted by molar-refractivity contribution is 7.99. The van der Waals surface area contributed by atoms with Crippen molar-refractivity contribution in [3.63, 3.8) is 0 Å². The van der Waals surface area contributed by atoms with E-state index in [0.717, 1.165) is 24.3 Å². The van der Waals surface area contributed by atoms with Crippen molar-refractivity contribution in [2.24, 2.45) is 5.92 Å². The Kier molecular flexibility index (Phi) is 4.75. The summed E-state index contributed by atoms with van der Waals surface area (Å²) in [6.07, 6.45) is 2.75. The zero-order valence-corrected chi connectivity index (χ0v) is 11.4. The molecule has 0 aliphatic heterocycles. The molecule has 0 aromatic heterocycles. The summed E-state index contributed by atoms with van der Waals surface area (Å²) in [5.41, 5.74) is 0. The lowest BCUT2D eigenvalue weighted by Gasteiger charge is -2.11. The molecule has 1 aromatic carbocycles. The van der Waals surface area contributed by atoms with Crippen molar-refractivity contribution in [3.05, 3.63) is 24.3 Å². The first kappa shape index (κ1) is 12.8. The van der Waals surface area contributed by atoms with E-state index < -0.39 is 0 Å². The Hall–Kier alpha value is -0.670. The van der Waals surface area contributed by atoms with Gasteiger partial charge in [-0.1, -0.05) is 6.92 Å². The summed E-state index contributed by atoms with van der Waals surface area (Å²) >= 11 is 1.92. The van der Waals surface area contributed by atoms with Crippen LogP contribution in [0.2, 0.25) is 0 Å². The van der Waals surface area contributed by atoms with Gasteiger partial charge in [0.05, 0.1) is 7.11 Å². The molecule has 1 fully saturated rings. The minimum absolute atomic E-state index is 0.725. The molecular formula is C14H21NOS. The van der Waals surface area contributed by atoms with Gasteiger partial charge in [0.1, 0.15) is 5.75 Å². The second kappa shape index (κ2) is 6.31. The third kappa shape index (κ3) is 4.60. The van der Waals surface area contributed by atoms with E-state index in [-0.39, 0.29) is 0 Å².